The topological polar surface area (TPSA) is 140 Å². The first-order valence-electron chi connectivity index (χ1n) is 13.7. The third kappa shape index (κ3) is 8.96. The molecule has 4 rings (SSSR count). The van der Waals surface area contributed by atoms with Gasteiger partial charge in [0.1, 0.15) is 24.8 Å². The maximum Gasteiger partial charge on any atom is 0.337 e. The van der Waals surface area contributed by atoms with Gasteiger partial charge in [0.25, 0.3) is 0 Å². The van der Waals surface area contributed by atoms with Crippen LogP contribution in [0.5, 0.6) is 17.2 Å². The fourth-order valence-electron chi connectivity index (χ4n) is 4.35. The molecule has 2 amide bonds. The van der Waals surface area contributed by atoms with Crippen LogP contribution in [0.25, 0.3) is 0 Å². The van der Waals surface area contributed by atoms with E-state index in [4.69, 9.17) is 18.9 Å². The van der Waals surface area contributed by atoms with E-state index in [1.54, 1.807) is 56.3 Å². The second-order valence-corrected chi connectivity index (χ2v) is 11.4. The minimum Gasteiger partial charge on any atom is -0.490 e. The summed E-state index contributed by atoms with van der Waals surface area (Å²) in [6.07, 6.45) is 0.353. The van der Waals surface area contributed by atoms with Gasteiger partial charge in [0, 0.05) is 5.70 Å². The van der Waals surface area contributed by atoms with Gasteiger partial charge >= 0.3 is 12.0 Å². The number of benzene rings is 3. The number of hydrazone groups is 1. The van der Waals surface area contributed by atoms with E-state index in [2.05, 4.69) is 53.0 Å². The van der Waals surface area contributed by atoms with E-state index >= 15 is 0 Å². The Hall–Kier alpha value is -4.14. The zero-order valence-electron chi connectivity index (χ0n) is 24.5. The first-order chi connectivity index (χ1) is 21.6. The van der Waals surface area contributed by atoms with Crippen molar-refractivity contribution >= 4 is 50.1 Å². The van der Waals surface area contributed by atoms with Crippen LogP contribution in [0.4, 0.5) is 9.18 Å². The molecule has 1 heterocycles. The van der Waals surface area contributed by atoms with Gasteiger partial charge in [0.15, 0.2) is 17.7 Å². The predicted octanol–water partition coefficient (Wildman–Crippen LogP) is 5.45. The average molecular weight is 750 g/mol. The lowest BCUT2D eigenvalue weighted by Crippen LogP contribution is -2.45. The molecule has 0 saturated carbocycles. The molecule has 0 fully saturated rings. The van der Waals surface area contributed by atoms with Crippen LogP contribution in [0.2, 0.25) is 0 Å². The molecule has 14 heteroatoms. The number of aliphatic hydroxyl groups excluding tert-OH is 1. The highest BCUT2D eigenvalue weighted by molar-refractivity contribution is 9.11. The Bertz CT molecular complexity index is 1580. The maximum atomic E-state index is 13.1. The number of amides is 2. The number of urea groups is 1. The van der Waals surface area contributed by atoms with Crippen LogP contribution in [0.15, 0.2) is 79.9 Å². The second kappa shape index (κ2) is 15.7. The monoisotopic (exact) mass is 748 g/mol. The van der Waals surface area contributed by atoms with Crippen molar-refractivity contribution in [2.24, 2.45) is 5.10 Å². The molecular formula is C31H31Br2FN4O7. The Morgan fingerprint density at radius 3 is 2.47 bits per heavy atom. The van der Waals surface area contributed by atoms with Crippen LogP contribution >= 0.6 is 31.9 Å². The number of esters is 1. The summed E-state index contributed by atoms with van der Waals surface area (Å²) in [4.78, 5) is 24.6. The number of nitrogens with zero attached hydrogens (tertiary/aromatic N) is 1. The van der Waals surface area contributed by atoms with E-state index in [1.807, 2.05) is 0 Å². The summed E-state index contributed by atoms with van der Waals surface area (Å²) in [6, 6.07) is 13.4. The van der Waals surface area contributed by atoms with Gasteiger partial charge in [-0.25, -0.2) is 14.0 Å². The first-order valence-corrected chi connectivity index (χ1v) is 15.3. The smallest absolute Gasteiger partial charge is 0.337 e. The molecule has 238 valence electrons. The zero-order chi connectivity index (χ0) is 32.5. The largest absolute Gasteiger partial charge is 0.490 e. The van der Waals surface area contributed by atoms with Crippen LogP contribution in [-0.2, 0) is 16.1 Å². The number of nitrogens with one attached hydrogen (secondary N) is 3. The van der Waals surface area contributed by atoms with Crippen LogP contribution in [0.1, 0.15) is 36.6 Å². The highest BCUT2D eigenvalue weighted by Gasteiger charge is 2.32. The molecule has 0 aliphatic carbocycles. The number of hydrogen-bond acceptors (Lipinski definition) is 9. The molecule has 45 heavy (non-hydrogen) atoms. The molecule has 3 aromatic carbocycles. The summed E-state index contributed by atoms with van der Waals surface area (Å²) in [5.41, 5.74) is 5.36. The molecule has 0 aromatic heterocycles. The summed E-state index contributed by atoms with van der Waals surface area (Å²) in [5.74, 6) is 0.383. The zero-order valence-corrected chi connectivity index (χ0v) is 27.7. The number of aliphatic hydroxyl groups is 1. The lowest BCUT2D eigenvalue weighted by Gasteiger charge is -2.28. The summed E-state index contributed by atoms with van der Waals surface area (Å²) >= 11 is 6.99. The number of allylic oxidation sites excluding steroid dienone is 1. The summed E-state index contributed by atoms with van der Waals surface area (Å²) < 4.78 is 36.8. The summed E-state index contributed by atoms with van der Waals surface area (Å²) in [6.45, 7) is 3.83. The number of methoxy groups -OCH3 is 1. The third-order valence-corrected chi connectivity index (χ3v) is 7.60. The van der Waals surface area contributed by atoms with Crippen molar-refractivity contribution in [1.82, 2.24) is 16.1 Å². The summed E-state index contributed by atoms with van der Waals surface area (Å²) in [7, 11) is 1.27. The molecule has 2 atom stereocenters. The standard InChI is InChI=1S/C31H31Br2FN4O7/c1-4-43-25-13-20(28-27(30(40)42-3)17(2)36-31(41)37-28)7-10-24(25)44-16-26(39)38-35-14-19-11-22(32)29(23(33)12-19)45-15-18-5-8-21(34)9-6-18/h5-14,26,28,38-39H,4,15-16H2,1-3H3,(H2,36,37,41)/b35-14-/t26-,28-/m1/s1. The van der Waals surface area contributed by atoms with Crippen molar-refractivity contribution in [3.8, 4) is 17.2 Å². The van der Waals surface area contributed by atoms with Gasteiger partial charge in [0.2, 0.25) is 0 Å². The number of ether oxygens (including phenoxy) is 4. The van der Waals surface area contributed by atoms with E-state index < -0.39 is 24.3 Å². The third-order valence-electron chi connectivity index (χ3n) is 6.43. The van der Waals surface area contributed by atoms with Crippen molar-refractivity contribution in [1.29, 1.82) is 0 Å². The van der Waals surface area contributed by atoms with E-state index in [-0.39, 0.29) is 24.6 Å². The molecule has 4 N–H and O–H groups in total. The molecule has 0 unspecified atom stereocenters. The van der Waals surface area contributed by atoms with E-state index in [9.17, 15) is 19.1 Å². The Labute approximate surface area is 276 Å². The van der Waals surface area contributed by atoms with Crippen LogP contribution in [0, 0.1) is 5.82 Å². The average Bonchev–Trinajstić information content (AvgIpc) is 3.00. The summed E-state index contributed by atoms with van der Waals surface area (Å²) in [5, 5.41) is 19.8. The Morgan fingerprint density at radius 1 is 1.09 bits per heavy atom. The highest BCUT2D eigenvalue weighted by Crippen LogP contribution is 2.36. The Balaban J connectivity index is 1.37. The van der Waals surface area contributed by atoms with Crippen molar-refractivity contribution < 1.29 is 38.0 Å². The Morgan fingerprint density at radius 2 is 1.80 bits per heavy atom. The second-order valence-electron chi connectivity index (χ2n) is 9.64. The van der Waals surface area contributed by atoms with Crippen molar-refractivity contribution in [3.63, 3.8) is 0 Å². The molecule has 0 saturated heterocycles. The number of carbonyl (C=O) groups excluding carboxylic acids is 2. The molecule has 1 aliphatic heterocycles. The van der Waals surface area contributed by atoms with Gasteiger partial charge in [-0.1, -0.05) is 18.2 Å². The molecule has 1 aliphatic rings. The molecular weight excluding hydrogens is 719 g/mol. The van der Waals surface area contributed by atoms with Crippen LogP contribution in [0.3, 0.4) is 0 Å². The highest BCUT2D eigenvalue weighted by atomic mass is 79.9. The maximum absolute atomic E-state index is 13.1. The fraction of sp³-hybridized carbons (Fsp3) is 0.258. The molecule has 3 aromatic rings. The quantitative estimate of drug-likeness (QED) is 0.0784. The predicted molar refractivity (Wildman–Crippen MR) is 172 cm³/mol. The molecule has 0 spiro atoms. The normalized spacial score (nSPS) is 15.3. The van der Waals surface area contributed by atoms with Gasteiger partial charge < -0.3 is 34.7 Å². The number of halogens is 3. The van der Waals surface area contributed by atoms with Crippen molar-refractivity contribution in [2.75, 3.05) is 20.3 Å². The Kier molecular flexibility index (Phi) is 11.8. The van der Waals surface area contributed by atoms with E-state index in [1.165, 1.54) is 25.5 Å². The lowest BCUT2D eigenvalue weighted by atomic mass is 9.95. The minimum atomic E-state index is -1.17. The molecule has 0 radical (unpaired) electrons. The SMILES string of the molecule is CCOc1cc([C@H]2NC(=O)NC(C)=C2C(=O)OC)ccc1OC[C@@H](O)N/N=C\c1cc(Br)c(OCc2ccc(F)cc2)c(Br)c1. The van der Waals surface area contributed by atoms with Crippen molar-refractivity contribution in [2.45, 2.75) is 32.7 Å². The number of carbonyl (C=O) groups is 2. The minimum absolute atomic E-state index is 0.170. The number of hydrogen-bond donors (Lipinski definition) is 4. The van der Waals surface area contributed by atoms with Gasteiger partial charge in [-0.15, -0.1) is 0 Å². The van der Waals surface area contributed by atoms with Gasteiger partial charge in [-0.2, -0.15) is 5.10 Å². The molecule has 11 nitrogen and oxygen atoms in total. The van der Waals surface area contributed by atoms with Gasteiger partial charge in [0.05, 0.1) is 40.5 Å². The van der Waals surface area contributed by atoms with E-state index in [0.717, 1.165) is 5.56 Å². The van der Waals surface area contributed by atoms with Crippen LogP contribution in [-0.4, -0.2) is 49.9 Å². The fourth-order valence-corrected chi connectivity index (χ4v) is 5.80. The first kappa shape index (κ1) is 33.7. The van der Waals surface area contributed by atoms with Gasteiger partial charge in [-0.3, -0.25) is 5.43 Å². The van der Waals surface area contributed by atoms with E-state index in [0.29, 0.717) is 49.6 Å². The lowest BCUT2D eigenvalue weighted by molar-refractivity contribution is -0.136. The van der Waals surface area contributed by atoms with Gasteiger partial charge in [-0.05, 0) is 98.8 Å². The van der Waals surface area contributed by atoms with Crippen LogP contribution < -0.4 is 30.3 Å². The molecule has 0 bridgehead atoms. The number of rotatable bonds is 13. The van der Waals surface area contributed by atoms with Crippen molar-refractivity contribution in [3.05, 3.63) is 97.3 Å².